The van der Waals surface area contributed by atoms with E-state index in [2.05, 4.69) is 72.8 Å². The van der Waals surface area contributed by atoms with E-state index < -0.39 is 11.6 Å². The van der Waals surface area contributed by atoms with E-state index in [1.54, 1.807) is 12.1 Å². The second-order valence-electron chi connectivity index (χ2n) is 10.3. The van der Waals surface area contributed by atoms with Gasteiger partial charge in [0.1, 0.15) is 0 Å². The molecule has 3 rings (SSSR count). The Labute approximate surface area is 229 Å². The number of rotatable bonds is 16. The monoisotopic (exact) mass is 514 g/mol. The molecule has 0 fully saturated rings. The van der Waals surface area contributed by atoms with Crippen molar-refractivity contribution in [3.8, 4) is 0 Å². The van der Waals surface area contributed by atoms with E-state index in [-0.39, 0.29) is 0 Å². The molecule has 0 atom stereocenters. The van der Waals surface area contributed by atoms with Gasteiger partial charge in [0.15, 0.2) is 11.6 Å². The molecule has 38 heavy (non-hydrogen) atoms. The molecule has 0 aliphatic heterocycles. The van der Waals surface area contributed by atoms with Gasteiger partial charge in [0.25, 0.3) is 0 Å². The molecule has 0 aliphatic carbocycles. The third kappa shape index (κ3) is 10.0. The van der Waals surface area contributed by atoms with Crippen LogP contribution in [0.5, 0.6) is 0 Å². The molecule has 0 saturated heterocycles. The van der Waals surface area contributed by atoms with Crippen molar-refractivity contribution in [2.24, 2.45) is 0 Å². The second kappa shape index (κ2) is 16.8. The Balaban J connectivity index is 1.37. The maximum Gasteiger partial charge on any atom is 0.162 e. The second-order valence-corrected chi connectivity index (χ2v) is 10.3. The lowest BCUT2D eigenvalue weighted by Gasteiger charge is -2.09. The Morgan fingerprint density at radius 3 is 1.11 bits per heavy atom. The first kappa shape index (κ1) is 29.6. The molecular formula is C36H44F2. The van der Waals surface area contributed by atoms with Crippen LogP contribution in [-0.2, 0) is 38.5 Å². The fraction of sp³-hybridized carbons (Fsp3) is 0.389. The molecule has 3 aromatic rings. The third-order valence-electron chi connectivity index (χ3n) is 7.28. The molecular weight excluding hydrogens is 470 g/mol. The number of benzene rings is 3. The molecule has 0 N–H and O–H groups in total. The van der Waals surface area contributed by atoms with Crippen LogP contribution in [0.4, 0.5) is 8.78 Å². The van der Waals surface area contributed by atoms with E-state index in [9.17, 15) is 8.78 Å². The van der Waals surface area contributed by atoms with Crippen LogP contribution in [0.25, 0.3) is 0 Å². The van der Waals surface area contributed by atoms with Crippen molar-refractivity contribution < 1.29 is 8.78 Å². The van der Waals surface area contributed by atoms with Crippen molar-refractivity contribution in [1.29, 1.82) is 0 Å². The molecule has 0 amide bonds. The number of hydrogen-bond acceptors (Lipinski definition) is 0. The number of aryl methyl sites for hydroxylation is 6. The zero-order valence-electron chi connectivity index (χ0n) is 23.3. The number of unbranched alkanes of at least 4 members (excludes halogenated alkanes) is 2. The summed E-state index contributed by atoms with van der Waals surface area (Å²) >= 11 is 0. The van der Waals surface area contributed by atoms with Crippen LogP contribution >= 0.6 is 0 Å². The summed E-state index contributed by atoms with van der Waals surface area (Å²) in [5, 5.41) is 0. The summed E-state index contributed by atoms with van der Waals surface area (Å²) in [7, 11) is 0. The molecule has 0 aromatic heterocycles. The maximum absolute atomic E-state index is 14.7. The van der Waals surface area contributed by atoms with Gasteiger partial charge in [0.05, 0.1) is 0 Å². The summed E-state index contributed by atoms with van der Waals surface area (Å²) in [6.45, 7) is 4.10. The fourth-order valence-corrected chi connectivity index (χ4v) is 4.88. The summed E-state index contributed by atoms with van der Waals surface area (Å²) in [5.41, 5.74) is 6.33. The van der Waals surface area contributed by atoms with Gasteiger partial charge in [-0.05, 0) is 124 Å². The highest BCUT2D eigenvalue weighted by Crippen LogP contribution is 2.21. The molecule has 0 unspecified atom stereocenters. The van der Waals surface area contributed by atoms with Gasteiger partial charge in [-0.15, -0.1) is 0 Å². The van der Waals surface area contributed by atoms with Crippen LogP contribution in [0.1, 0.15) is 85.8 Å². The molecule has 0 heterocycles. The molecule has 3 aromatic carbocycles. The average Bonchev–Trinajstić information content (AvgIpc) is 2.94. The minimum atomic E-state index is -0.651. The highest BCUT2D eigenvalue weighted by molar-refractivity contribution is 5.27. The Bertz CT molecular complexity index is 1040. The molecule has 0 radical (unpaired) electrons. The van der Waals surface area contributed by atoms with Crippen LogP contribution in [0.15, 0.2) is 85.0 Å². The van der Waals surface area contributed by atoms with Crippen LogP contribution in [0, 0.1) is 11.6 Å². The topological polar surface area (TPSA) is 0 Å². The lowest BCUT2D eigenvalue weighted by molar-refractivity contribution is 0.485. The van der Waals surface area contributed by atoms with Gasteiger partial charge >= 0.3 is 0 Å². The number of allylic oxidation sites excluding steroid dienone is 4. The van der Waals surface area contributed by atoms with E-state index in [0.717, 1.165) is 64.2 Å². The van der Waals surface area contributed by atoms with E-state index in [0.29, 0.717) is 24.0 Å². The van der Waals surface area contributed by atoms with E-state index in [4.69, 9.17) is 0 Å². The lowest BCUT2D eigenvalue weighted by Crippen LogP contribution is -2.01. The number of halogens is 2. The van der Waals surface area contributed by atoms with Gasteiger partial charge in [0, 0.05) is 0 Å². The van der Waals surface area contributed by atoms with Crippen molar-refractivity contribution in [1.82, 2.24) is 0 Å². The summed E-state index contributed by atoms with van der Waals surface area (Å²) in [5.74, 6) is -1.30. The van der Waals surface area contributed by atoms with E-state index >= 15 is 0 Å². The molecule has 2 heteroatoms. The van der Waals surface area contributed by atoms with Crippen LogP contribution in [0.2, 0.25) is 0 Å². The summed E-state index contributed by atoms with van der Waals surface area (Å²) < 4.78 is 29.4. The molecule has 0 spiro atoms. The average molecular weight is 515 g/mol. The summed E-state index contributed by atoms with van der Waals surface area (Å²) in [6.07, 6.45) is 19.6. The van der Waals surface area contributed by atoms with Gasteiger partial charge in [-0.1, -0.05) is 85.0 Å². The Morgan fingerprint density at radius 1 is 0.447 bits per heavy atom. The minimum Gasteiger partial charge on any atom is -0.203 e. The predicted octanol–water partition coefficient (Wildman–Crippen LogP) is 10.1. The van der Waals surface area contributed by atoms with Gasteiger partial charge in [-0.3, -0.25) is 0 Å². The summed E-state index contributed by atoms with van der Waals surface area (Å²) in [4.78, 5) is 0. The molecule has 202 valence electrons. The van der Waals surface area contributed by atoms with Gasteiger partial charge in [-0.25, -0.2) is 8.78 Å². The Kier molecular flexibility index (Phi) is 13.0. The summed E-state index contributed by atoms with van der Waals surface area (Å²) in [6, 6.07) is 21.2. The Morgan fingerprint density at radius 2 is 0.763 bits per heavy atom. The Hall–Kier alpha value is -3.00. The zero-order chi connectivity index (χ0) is 27.0. The quantitative estimate of drug-likeness (QED) is 0.132. The standard InChI is InChI=1S/C36H44F2/c1-3-5-7-13-29-19-23-31(24-20-29)15-9-11-17-33-27-28-34(36(38)35(33)37)18-12-10-16-32-25-21-30(22-26-32)14-8-6-4-2/h3-6,19-28H,7-18H2,1-2H3/b5-3+,6-4+. The lowest BCUT2D eigenvalue weighted by atomic mass is 9.98. The van der Waals surface area contributed by atoms with Crippen molar-refractivity contribution in [2.45, 2.75) is 90.9 Å². The van der Waals surface area contributed by atoms with Crippen molar-refractivity contribution >= 4 is 0 Å². The minimum absolute atomic E-state index is 0.500. The molecule has 0 saturated carbocycles. The van der Waals surface area contributed by atoms with Gasteiger partial charge in [0.2, 0.25) is 0 Å². The highest BCUT2D eigenvalue weighted by Gasteiger charge is 2.13. The van der Waals surface area contributed by atoms with Crippen LogP contribution in [0.3, 0.4) is 0 Å². The molecule has 0 nitrogen and oxygen atoms in total. The molecule has 0 aliphatic rings. The highest BCUT2D eigenvalue weighted by atomic mass is 19.2. The number of hydrogen-bond donors (Lipinski definition) is 0. The van der Waals surface area contributed by atoms with Crippen molar-refractivity contribution in [3.63, 3.8) is 0 Å². The van der Waals surface area contributed by atoms with E-state index in [1.165, 1.54) is 22.3 Å². The van der Waals surface area contributed by atoms with E-state index in [1.807, 2.05) is 13.8 Å². The van der Waals surface area contributed by atoms with Crippen LogP contribution < -0.4 is 0 Å². The SMILES string of the molecule is C/C=C/CCc1ccc(CCCCc2ccc(CCCCc3ccc(CC/C=C/C)cc3)c(F)c2F)cc1. The predicted molar refractivity (Wildman–Crippen MR) is 159 cm³/mol. The zero-order valence-corrected chi connectivity index (χ0v) is 23.3. The normalized spacial score (nSPS) is 11.7. The smallest absolute Gasteiger partial charge is 0.162 e. The van der Waals surface area contributed by atoms with Crippen LogP contribution in [-0.4, -0.2) is 0 Å². The largest absolute Gasteiger partial charge is 0.203 e. The van der Waals surface area contributed by atoms with Crippen molar-refractivity contribution in [3.05, 3.63) is 130 Å². The first-order valence-corrected chi connectivity index (χ1v) is 14.4. The third-order valence-corrected chi connectivity index (χ3v) is 7.28. The first-order valence-electron chi connectivity index (χ1n) is 14.4. The molecule has 0 bridgehead atoms. The van der Waals surface area contributed by atoms with Gasteiger partial charge in [-0.2, -0.15) is 0 Å². The maximum atomic E-state index is 14.7. The van der Waals surface area contributed by atoms with Crippen molar-refractivity contribution in [2.75, 3.05) is 0 Å². The first-order chi connectivity index (χ1) is 18.6. The fourth-order valence-electron chi connectivity index (χ4n) is 4.88. The van der Waals surface area contributed by atoms with Gasteiger partial charge < -0.3 is 0 Å².